The highest BCUT2D eigenvalue weighted by Crippen LogP contribution is 2.45. The summed E-state index contributed by atoms with van der Waals surface area (Å²) in [4.78, 5) is 16.2. The predicted molar refractivity (Wildman–Crippen MR) is 239 cm³/mol. The fourth-order valence-corrected chi connectivity index (χ4v) is 8.95. The van der Waals surface area contributed by atoms with Gasteiger partial charge >= 0.3 is 0 Å². The fraction of sp³-hybridized carbons (Fsp3) is 0. The molecule has 0 atom stereocenters. The van der Waals surface area contributed by atoms with Crippen LogP contribution < -0.4 is 0 Å². The number of hydrogen-bond donors (Lipinski definition) is 0. The number of imidazole rings is 1. The van der Waals surface area contributed by atoms with E-state index in [1.165, 1.54) is 5.39 Å². The van der Waals surface area contributed by atoms with E-state index in [0.29, 0.717) is 5.95 Å². The molecular weight excluding hydrogens is 707 g/mol. The third kappa shape index (κ3) is 4.87. The Kier molecular flexibility index (Phi) is 7.16. The van der Waals surface area contributed by atoms with E-state index in [1.54, 1.807) is 0 Å². The van der Waals surface area contributed by atoms with Crippen molar-refractivity contribution in [1.29, 1.82) is 0 Å². The second-order valence-corrected chi connectivity index (χ2v) is 14.8. The lowest BCUT2D eigenvalue weighted by molar-refractivity contribution is 1.01. The van der Waals surface area contributed by atoms with Gasteiger partial charge in [0.15, 0.2) is 0 Å². The van der Waals surface area contributed by atoms with Gasteiger partial charge in [0.25, 0.3) is 0 Å². The van der Waals surface area contributed by atoms with E-state index < -0.39 is 0 Å². The zero-order chi connectivity index (χ0) is 38.2. The molecule has 0 spiro atoms. The summed E-state index contributed by atoms with van der Waals surface area (Å²) >= 11 is 0. The Balaban J connectivity index is 1.27. The van der Waals surface area contributed by atoms with Gasteiger partial charge in [-0.15, -0.1) is 0 Å². The summed E-state index contributed by atoms with van der Waals surface area (Å²) in [5.41, 5.74) is 12.5. The highest BCUT2D eigenvalue weighted by atomic mass is 15.2. The molecule has 12 rings (SSSR count). The Morgan fingerprint density at radius 2 is 0.897 bits per heavy atom. The van der Waals surface area contributed by atoms with E-state index in [0.717, 1.165) is 99.5 Å². The first-order valence-electron chi connectivity index (χ1n) is 19.6. The van der Waals surface area contributed by atoms with E-state index >= 15 is 0 Å². The minimum Gasteiger partial charge on any atom is -0.291 e. The first-order chi connectivity index (χ1) is 28.8. The van der Waals surface area contributed by atoms with Crippen LogP contribution in [-0.2, 0) is 0 Å². The molecule has 5 nitrogen and oxygen atoms in total. The monoisotopic (exact) mass is 739 g/mol. The Hall–Kier alpha value is -7.89. The zero-order valence-corrected chi connectivity index (χ0v) is 31.3. The summed E-state index contributed by atoms with van der Waals surface area (Å²) in [5, 5.41) is 6.78. The first kappa shape index (κ1) is 32.4. The van der Waals surface area contributed by atoms with Crippen molar-refractivity contribution in [3.63, 3.8) is 0 Å². The molecule has 0 radical (unpaired) electrons. The second-order valence-electron chi connectivity index (χ2n) is 14.8. The normalized spacial score (nSPS) is 11.8. The van der Waals surface area contributed by atoms with Gasteiger partial charge in [0.05, 0.1) is 39.0 Å². The van der Waals surface area contributed by atoms with E-state index in [-0.39, 0.29) is 0 Å². The maximum absolute atomic E-state index is 5.48. The molecule has 0 aliphatic carbocycles. The number of nitrogens with zero attached hydrogens (tertiary/aromatic N) is 5. The van der Waals surface area contributed by atoms with Crippen molar-refractivity contribution in [1.82, 2.24) is 23.9 Å². The number of para-hydroxylation sites is 2. The Morgan fingerprint density at radius 3 is 1.62 bits per heavy atom. The number of benzene rings is 8. The molecule has 270 valence electrons. The number of hydrogen-bond acceptors (Lipinski definition) is 3. The summed E-state index contributed by atoms with van der Waals surface area (Å²) in [7, 11) is 0. The van der Waals surface area contributed by atoms with Gasteiger partial charge in [-0.1, -0.05) is 176 Å². The average Bonchev–Trinajstić information content (AvgIpc) is 3.87. The molecule has 0 aliphatic rings. The molecule has 0 unspecified atom stereocenters. The predicted octanol–water partition coefficient (Wildman–Crippen LogP) is 13.3. The van der Waals surface area contributed by atoms with Crippen LogP contribution in [0.5, 0.6) is 0 Å². The van der Waals surface area contributed by atoms with Crippen molar-refractivity contribution in [2.24, 2.45) is 0 Å². The van der Waals surface area contributed by atoms with Gasteiger partial charge in [-0.2, -0.15) is 0 Å². The third-order valence-corrected chi connectivity index (χ3v) is 11.5. The SMILES string of the molecule is c1ccc(-c2ccc3c4c5c6ccccc6n6c(-c7ccccc7)nc(-c7ccccc7)c6c5ccc4n(-c4nc(-c5ccccc5)c5ccccc5n4)c3c2)cc1. The van der Waals surface area contributed by atoms with Crippen LogP contribution in [0.2, 0.25) is 0 Å². The van der Waals surface area contributed by atoms with E-state index in [9.17, 15) is 0 Å². The van der Waals surface area contributed by atoms with Crippen molar-refractivity contribution < 1.29 is 0 Å². The molecule has 0 saturated carbocycles. The second kappa shape index (κ2) is 12.8. The van der Waals surface area contributed by atoms with Crippen molar-refractivity contribution in [3.8, 4) is 51.0 Å². The van der Waals surface area contributed by atoms with Crippen LogP contribution in [0.4, 0.5) is 0 Å². The maximum Gasteiger partial charge on any atom is 0.235 e. The van der Waals surface area contributed by atoms with Crippen LogP contribution in [0.3, 0.4) is 0 Å². The molecule has 0 amide bonds. The van der Waals surface area contributed by atoms with Gasteiger partial charge in [-0.25, -0.2) is 15.0 Å². The summed E-state index contributed by atoms with van der Waals surface area (Å²) in [6.07, 6.45) is 0. The van der Waals surface area contributed by atoms with Crippen LogP contribution in [0.1, 0.15) is 0 Å². The lowest BCUT2D eigenvalue weighted by Crippen LogP contribution is -2.03. The highest BCUT2D eigenvalue weighted by molar-refractivity contribution is 6.31. The molecule has 4 aromatic heterocycles. The van der Waals surface area contributed by atoms with E-state index in [1.807, 2.05) is 6.07 Å². The molecule has 0 bridgehead atoms. The van der Waals surface area contributed by atoms with Crippen molar-refractivity contribution in [3.05, 3.63) is 200 Å². The average molecular weight is 740 g/mol. The molecule has 0 aliphatic heterocycles. The highest BCUT2D eigenvalue weighted by Gasteiger charge is 2.25. The summed E-state index contributed by atoms with van der Waals surface area (Å²) in [6.45, 7) is 0. The van der Waals surface area contributed by atoms with Crippen molar-refractivity contribution in [2.75, 3.05) is 0 Å². The van der Waals surface area contributed by atoms with Crippen LogP contribution >= 0.6 is 0 Å². The summed E-state index contributed by atoms with van der Waals surface area (Å²) in [5.74, 6) is 1.55. The Labute approximate surface area is 333 Å². The smallest absolute Gasteiger partial charge is 0.235 e. The van der Waals surface area contributed by atoms with Gasteiger partial charge in [0.1, 0.15) is 5.82 Å². The van der Waals surface area contributed by atoms with Crippen LogP contribution in [-0.4, -0.2) is 23.9 Å². The van der Waals surface area contributed by atoms with Gasteiger partial charge in [0, 0.05) is 49.0 Å². The molecule has 0 fully saturated rings. The third-order valence-electron chi connectivity index (χ3n) is 11.5. The Morgan fingerprint density at radius 1 is 0.328 bits per heavy atom. The van der Waals surface area contributed by atoms with Gasteiger partial charge in [-0.05, 0) is 35.4 Å². The summed E-state index contributed by atoms with van der Waals surface area (Å²) < 4.78 is 4.64. The molecular formula is C53H33N5. The largest absolute Gasteiger partial charge is 0.291 e. The molecule has 8 aromatic carbocycles. The number of rotatable bonds is 5. The van der Waals surface area contributed by atoms with Crippen molar-refractivity contribution in [2.45, 2.75) is 0 Å². The molecule has 58 heavy (non-hydrogen) atoms. The lowest BCUT2D eigenvalue weighted by Gasteiger charge is -2.14. The number of aromatic nitrogens is 5. The number of fused-ring (bicyclic) bond motifs is 11. The molecule has 0 saturated heterocycles. The summed E-state index contributed by atoms with van der Waals surface area (Å²) in [6, 6.07) is 70.6. The zero-order valence-electron chi connectivity index (χ0n) is 31.3. The first-order valence-corrected chi connectivity index (χ1v) is 19.6. The van der Waals surface area contributed by atoms with Crippen LogP contribution in [0.15, 0.2) is 200 Å². The topological polar surface area (TPSA) is 48.0 Å². The quantitative estimate of drug-likeness (QED) is 0.165. The van der Waals surface area contributed by atoms with E-state index in [2.05, 4.69) is 203 Å². The lowest BCUT2D eigenvalue weighted by atomic mass is 9.97. The standard InChI is InChI=1S/C53H33N5/c1-5-17-34(18-6-1)38-29-30-41-46(33-38)57(53-54-43-27-15-13-25-39(43)49(56-53)35-19-7-2-8-20-35)45-32-31-42-47(48(41)45)40-26-14-16-28-44(40)58-51(42)50(36-21-9-3-10-22-36)55-52(58)37-23-11-4-12-24-37/h1-33H. The fourth-order valence-electron chi connectivity index (χ4n) is 8.95. The minimum absolute atomic E-state index is 0.633. The molecule has 0 N–H and O–H groups in total. The van der Waals surface area contributed by atoms with Gasteiger partial charge in [-0.3, -0.25) is 8.97 Å². The number of pyridine rings is 1. The molecule has 4 heterocycles. The Bertz CT molecular complexity index is 3540. The van der Waals surface area contributed by atoms with Crippen LogP contribution in [0, 0.1) is 0 Å². The van der Waals surface area contributed by atoms with Crippen molar-refractivity contribution >= 4 is 59.9 Å². The maximum atomic E-state index is 5.48. The van der Waals surface area contributed by atoms with Crippen LogP contribution in [0.25, 0.3) is 111 Å². The van der Waals surface area contributed by atoms with Gasteiger partial charge < -0.3 is 0 Å². The molecule has 5 heteroatoms. The van der Waals surface area contributed by atoms with Gasteiger partial charge in [0.2, 0.25) is 5.95 Å². The minimum atomic E-state index is 0.633. The molecule has 12 aromatic rings. The van der Waals surface area contributed by atoms with E-state index in [4.69, 9.17) is 15.0 Å².